The van der Waals surface area contributed by atoms with E-state index in [0.29, 0.717) is 12.0 Å². The minimum atomic E-state index is 0.319. The van der Waals surface area contributed by atoms with Gasteiger partial charge in [-0.15, -0.1) is 0 Å². The quantitative estimate of drug-likeness (QED) is 0.716. The molecular weight excluding hydrogens is 208 g/mol. The molecule has 2 aliphatic rings. The van der Waals surface area contributed by atoms with Crippen LogP contribution in [0.4, 0.5) is 0 Å². The zero-order valence-corrected chi connectivity index (χ0v) is 7.80. The SMILES string of the molecule is BrC1=NOC([C@H]2CCNC2)C1. The lowest BCUT2D eigenvalue weighted by Gasteiger charge is -2.13. The van der Waals surface area contributed by atoms with E-state index in [-0.39, 0.29) is 0 Å². The van der Waals surface area contributed by atoms with Crippen LogP contribution in [0.1, 0.15) is 12.8 Å². The van der Waals surface area contributed by atoms with E-state index >= 15 is 0 Å². The molecule has 1 saturated heterocycles. The van der Waals surface area contributed by atoms with E-state index in [0.717, 1.165) is 24.1 Å². The minimum Gasteiger partial charge on any atom is -0.391 e. The lowest BCUT2D eigenvalue weighted by Crippen LogP contribution is -2.22. The van der Waals surface area contributed by atoms with E-state index in [1.165, 1.54) is 6.42 Å². The molecule has 2 rings (SSSR count). The monoisotopic (exact) mass is 218 g/mol. The molecule has 0 aromatic carbocycles. The molecular formula is C7H11BrN2O. The third-order valence-corrected chi connectivity index (χ3v) is 2.75. The normalized spacial score (nSPS) is 37.0. The number of hydrogen-bond donors (Lipinski definition) is 1. The van der Waals surface area contributed by atoms with Crippen LogP contribution >= 0.6 is 15.9 Å². The fourth-order valence-corrected chi connectivity index (χ4v) is 2.02. The summed E-state index contributed by atoms with van der Waals surface area (Å²) in [6.07, 6.45) is 2.49. The van der Waals surface area contributed by atoms with Gasteiger partial charge >= 0.3 is 0 Å². The van der Waals surface area contributed by atoms with Gasteiger partial charge < -0.3 is 10.2 Å². The molecule has 2 heterocycles. The lowest BCUT2D eigenvalue weighted by atomic mass is 10.00. The van der Waals surface area contributed by atoms with Crippen LogP contribution in [0.5, 0.6) is 0 Å². The first-order valence-corrected chi connectivity index (χ1v) is 4.74. The van der Waals surface area contributed by atoms with Crippen LogP contribution < -0.4 is 5.32 Å². The molecule has 62 valence electrons. The van der Waals surface area contributed by atoms with Gasteiger partial charge in [-0.1, -0.05) is 5.16 Å². The van der Waals surface area contributed by atoms with Crippen molar-refractivity contribution < 1.29 is 4.84 Å². The Morgan fingerprint density at radius 3 is 3.09 bits per heavy atom. The second-order valence-corrected chi connectivity index (χ2v) is 3.98. The van der Waals surface area contributed by atoms with Crippen LogP contribution in [0.15, 0.2) is 5.16 Å². The Morgan fingerprint density at radius 1 is 1.64 bits per heavy atom. The molecule has 0 aromatic heterocycles. The van der Waals surface area contributed by atoms with Crippen LogP contribution in [-0.4, -0.2) is 23.8 Å². The van der Waals surface area contributed by atoms with Gasteiger partial charge in [0.05, 0.1) is 0 Å². The van der Waals surface area contributed by atoms with Crippen LogP contribution in [-0.2, 0) is 4.84 Å². The van der Waals surface area contributed by atoms with Crippen LogP contribution in [0.25, 0.3) is 0 Å². The van der Waals surface area contributed by atoms with Gasteiger partial charge in [-0.05, 0) is 28.9 Å². The van der Waals surface area contributed by atoms with Crippen molar-refractivity contribution in [1.82, 2.24) is 5.32 Å². The van der Waals surface area contributed by atoms with Crippen molar-refractivity contribution in [2.45, 2.75) is 18.9 Å². The number of nitrogens with zero attached hydrogens (tertiary/aromatic N) is 1. The molecule has 1 fully saturated rings. The molecule has 0 saturated carbocycles. The van der Waals surface area contributed by atoms with Gasteiger partial charge in [0.15, 0.2) is 0 Å². The molecule has 0 aromatic rings. The third kappa shape index (κ3) is 1.56. The molecule has 1 unspecified atom stereocenters. The van der Waals surface area contributed by atoms with Crippen LogP contribution in [0.3, 0.4) is 0 Å². The molecule has 2 aliphatic heterocycles. The van der Waals surface area contributed by atoms with Crippen molar-refractivity contribution in [3.8, 4) is 0 Å². The maximum absolute atomic E-state index is 5.25. The third-order valence-electron chi connectivity index (χ3n) is 2.28. The summed E-state index contributed by atoms with van der Waals surface area (Å²) in [6.45, 7) is 2.21. The summed E-state index contributed by atoms with van der Waals surface area (Å²) >= 11 is 3.33. The average Bonchev–Trinajstić information content (AvgIpc) is 2.55. The van der Waals surface area contributed by atoms with Gasteiger partial charge in [-0.25, -0.2) is 0 Å². The van der Waals surface area contributed by atoms with Gasteiger partial charge in [-0.2, -0.15) is 0 Å². The lowest BCUT2D eigenvalue weighted by molar-refractivity contribution is 0.0467. The standard InChI is InChI=1S/C7H11BrN2O/c8-7-3-6(11-10-7)5-1-2-9-4-5/h5-6,9H,1-4H2/t5-,6?/m0/s1. The number of nitrogens with one attached hydrogen (secondary N) is 1. The second-order valence-electron chi connectivity index (χ2n) is 3.07. The fourth-order valence-electron chi connectivity index (χ4n) is 1.61. The molecule has 0 radical (unpaired) electrons. The topological polar surface area (TPSA) is 33.6 Å². The van der Waals surface area contributed by atoms with E-state index < -0.39 is 0 Å². The summed E-state index contributed by atoms with van der Waals surface area (Å²) in [6, 6.07) is 0. The van der Waals surface area contributed by atoms with Gasteiger partial charge in [-0.3, -0.25) is 0 Å². The Kier molecular flexibility index (Phi) is 2.13. The Hall–Kier alpha value is -0.0900. The predicted octanol–water partition coefficient (Wildman–Crippen LogP) is 1.09. The molecule has 4 heteroatoms. The van der Waals surface area contributed by atoms with Gasteiger partial charge in [0.1, 0.15) is 10.7 Å². The molecule has 11 heavy (non-hydrogen) atoms. The average molecular weight is 219 g/mol. The number of oxime groups is 1. The van der Waals surface area contributed by atoms with Crippen molar-refractivity contribution in [3.05, 3.63) is 0 Å². The highest BCUT2D eigenvalue weighted by molar-refractivity contribution is 9.18. The van der Waals surface area contributed by atoms with E-state index in [1.54, 1.807) is 0 Å². The maximum Gasteiger partial charge on any atom is 0.137 e. The van der Waals surface area contributed by atoms with Gasteiger partial charge in [0.2, 0.25) is 0 Å². The number of hydrogen-bond acceptors (Lipinski definition) is 3. The fraction of sp³-hybridized carbons (Fsp3) is 0.857. The van der Waals surface area contributed by atoms with Crippen molar-refractivity contribution in [1.29, 1.82) is 0 Å². The van der Waals surface area contributed by atoms with Gasteiger partial charge in [0, 0.05) is 18.9 Å². The van der Waals surface area contributed by atoms with Crippen molar-refractivity contribution in [2.24, 2.45) is 11.1 Å². The summed E-state index contributed by atoms with van der Waals surface area (Å²) < 4.78 is 0.953. The zero-order valence-electron chi connectivity index (χ0n) is 6.22. The maximum atomic E-state index is 5.25. The van der Waals surface area contributed by atoms with E-state index in [1.807, 2.05) is 0 Å². The summed E-state index contributed by atoms with van der Waals surface area (Å²) in [5.41, 5.74) is 0. The summed E-state index contributed by atoms with van der Waals surface area (Å²) in [7, 11) is 0. The Bertz CT molecular complexity index is 177. The first-order valence-electron chi connectivity index (χ1n) is 3.95. The van der Waals surface area contributed by atoms with Gasteiger partial charge in [0.25, 0.3) is 0 Å². The summed E-state index contributed by atoms with van der Waals surface area (Å²) in [5, 5.41) is 7.19. The van der Waals surface area contributed by atoms with E-state index in [4.69, 9.17) is 4.84 Å². The minimum absolute atomic E-state index is 0.319. The largest absolute Gasteiger partial charge is 0.391 e. The predicted molar refractivity (Wildman–Crippen MR) is 46.8 cm³/mol. The molecule has 3 nitrogen and oxygen atoms in total. The molecule has 0 amide bonds. The Labute approximate surface area is 74.3 Å². The molecule has 2 atom stereocenters. The second kappa shape index (κ2) is 3.11. The molecule has 0 bridgehead atoms. The highest BCUT2D eigenvalue weighted by Gasteiger charge is 2.30. The summed E-state index contributed by atoms with van der Waals surface area (Å²) in [5.74, 6) is 0.661. The van der Waals surface area contributed by atoms with E-state index in [2.05, 4.69) is 26.4 Å². The first kappa shape index (κ1) is 7.55. The zero-order chi connectivity index (χ0) is 7.68. The van der Waals surface area contributed by atoms with E-state index in [9.17, 15) is 0 Å². The van der Waals surface area contributed by atoms with Crippen molar-refractivity contribution in [3.63, 3.8) is 0 Å². The van der Waals surface area contributed by atoms with Crippen molar-refractivity contribution >= 4 is 20.6 Å². The highest BCUT2D eigenvalue weighted by Crippen LogP contribution is 2.24. The molecule has 0 aliphatic carbocycles. The van der Waals surface area contributed by atoms with Crippen LogP contribution in [0, 0.1) is 5.92 Å². The molecule has 1 N–H and O–H groups in total. The molecule has 0 spiro atoms. The van der Waals surface area contributed by atoms with Crippen molar-refractivity contribution in [2.75, 3.05) is 13.1 Å². The summed E-state index contributed by atoms with van der Waals surface area (Å²) in [4.78, 5) is 5.25. The first-order chi connectivity index (χ1) is 5.36. The number of rotatable bonds is 1. The smallest absolute Gasteiger partial charge is 0.137 e. The number of halogens is 1. The highest BCUT2D eigenvalue weighted by atomic mass is 79.9. The Balaban J connectivity index is 1.88. The van der Waals surface area contributed by atoms with Crippen LogP contribution in [0.2, 0.25) is 0 Å². The Morgan fingerprint density at radius 2 is 2.55 bits per heavy atom.